The molecule has 7 heteroatoms. The van der Waals surface area contributed by atoms with Gasteiger partial charge in [0.1, 0.15) is 6.04 Å². The Hall–Kier alpha value is -1.92. The summed E-state index contributed by atoms with van der Waals surface area (Å²) in [6.07, 6.45) is 4.66. The molecule has 1 aliphatic rings. The van der Waals surface area contributed by atoms with E-state index in [1.54, 1.807) is 16.8 Å². The molecule has 23 heavy (non-hydrogen) atoms. The molecule has 7 nitrogen and oxygen atoms in total. The molecule has 1 atom stereocenters. The van der Waals surface area contributed by atoms with Crippen molar-refractivity contribution in [2.24, 2.45) is 0 Å². The van der Waals surface area contributed by atoms with E-state index in [2.05, 4.69) is 10.1 Å². The zero-order chi connectivity index (χ0) is 16.8. The number of likely N-dealkylation sites (N-methyl/N-ethyl adjacent to an activating group) is 1. The van der Waals surface area contributed by atoms with Crippen LogP contribution in [0.15, 0.2) is 4.52 Å². The van der Waals surface area contributed by atoms with Crippen LogP contribution in [-0.4, -0.2) is 51.4 Å². The van der Waals surface area contributed by atoms with E-state index in [-0.39, 0.29) is 24.4 Å². The highest BCUT2D eigenvalue weighted by atomic mass is 16.5. The van der Waals surface area contributed by atoms with Gasteiger partial charge in [0.2, 0.25) is 17.7 Å². The lowest BCUT2D eigenvalue weighted by molar-refractivity contribution is -0.147. The predicted molar refractivity (Wildman–Crippen MR) is 84.4 cm³/mol. The third-order valence-corrected chi connectivity index (χ3v) is 4.15. The first-order chi connectivity index (χ1) is 11.1. The van der Waals surface area contributed by atoms with Crippen molar-refractivity contribution >= 4 is 11.8 Å². The van der Waals surface area contributed by atoms with Gasteiger partial charge in [0.05, 0.1) is 6.54 Å². The molecule has 128 valence electrons. The molecule has 1 fully saturated rings. The van der Waals surface area contributed by atoms with Crippen LogP contribution in [0.5, 0.6) is 0 Å². The summed E-state index contributed by atoms with van der Waals surface area (Å²) in [5.41, 5.74) is 0. The second-order valence-corrected chi connectivity index (χ2v) is 6.00. The highest BCUT2D eigenvalue weighted by Crippen LogP contribution is 2.20. The third-order valence-electron chi connectivity index (χ3n) is 4.15. The van der Waals surface area contributed by atoms with Crippen molar-refractivity contribution in [1.29, 1.82) is 0 Å². The monoisotopic (exact) mass is 322 g/mol. The Bertz CT molecular complexity index is 543. The van der Waals surface area contributed by atoms with E-state index in [9.17, 15) is 9.59 Å². The maximum absolute atomic E-state index is 12.7. The fourth-order valence-electron chi connectivity index (χ4n) is 2.88. The van der Waals surface area contributed by atoms with E-state index in [0.29, 0.717) is 31.1 Å². The molecule has 0 N–H and O–H groups in total. The van der Waals surface area contributed by atoms with Crippen LogP contribution in [0, 0.1) is 0 Å². The van der Waals surface area contributed by atoms with E-state index >= 15 is 0 Å². The maximum Gasteiger partial charge on any atom is 0.246 e. The number of rotatable bonds is 6. The molecule has 0 aromatic carbocycles. The summed E-state index contributed by atoms with van der Waals surface area (Å²) in [4.78, 5) is 32.5. The van der Waals surface area contributed by atoms with Gasteiger partial charge in [0, 0.05) is 26.4 Å². The highest BCUT2D eigenvalue weighted by molar-refractivity contribution is 5.87. The first-order valence-electron chi connectivity index (χ1n) is 8.42. The summed E-state index contributed by atoms with van der Waals surface area (Å²) in [5, 5.41) is 3.84. The minimum Gasteiger partial charge on any atom is -0.337 e. The number of hydrogen-bond donors (Lipinski definition) is 0. The number of carbonyl (C=O) groups excluding carboxylic acids is 2. The Morgan fingerprint density at radius 1 is 1.35 bits per heavy atom. The molecule has 2 heterocycles. The standard InChI is InChI=1S/C16H26N4O3/c1-4-8-15(21)20-10-7-6-9-12(20)16(22)19(3)11-14-17-13(5-2)18-23-14/h12H,4-11H2,1-3H3/t12-/m0/s1. The first-order valence-corrected chi connectivity index (χ1v) is 8.42. The number of aryl methyl sites for hydroxylation is 1. The molecule has 1 aromatic heterocycles. The Balaban J connectivity index is 2.02. The minimum atomic E-state index is -0.360. The van der Waals surface area contributed by atoms with Gasteiger partial charge < -0.3 is 14.3 Å². The second kappa shape index (κ2) is 8.08. The molecule has 0 saturated carbocycles. The van der Waals surface area contributed by atoms with Gasteiger partial charge in [-0.3, -0.25) is 9.59 Å². The smallest absolute Gasteiger partial charge is 0.246 e. The quantitative estimate of drug-likeness (QED) is 0.797. The van der Waals surface area contributed by atoms with E-state index in [1.807, 2.05) is 13.8 Å². The van der Waals surface area contributed by atoms with Crippen molar-refractivity contribution < 1.29 is 14.1 Å². The van der Waals surface area contributed by atoms with Crippen LogP contribution in [-0.2, 0) is 22.6 Å². The van der Waals surface area contributed by atoms with Crippen molar-refractivity contribution in [2.45, 2.75) is 65.0 Å². The fourth-order valence-corrected chi connectivity index (χ4v) is 2.88. The Morgan fingerprint density at radius 3 is 2.78 bits per heavy atom. The number of nitrogens with zero attached hydrogens (tertiary/aromatic N) is 4. The van der Waals surface area contributed by atoms with E-state index < -0.39 is 0 Å². The van der Waals surface area contributed by atoms with Gasteiger partial charge in [0.15, 0.2) is 5.82 Å². The van der Waals surface area contributed by atoms with Gasteiger partial charge in [-0.15, -0.1) is 0 Å². The lowest BCUT2D eigenvalue weighted by atomic mass is 10.00. The summed E-state index contributed by atoms with van der Waals surface area (Å²) in [6, 6.07) is -0.360. The third kappa shape index (κ3) is 4.30. The van der Waals surface area contributed by atoms with Crippen LogP contribution in [0.25, 0.3) is 0 Å². The Labute approximate surface area is 137 Å². The average Bonchev–Trinajstić information content (AvgIpc) is 3.02. The van der Waals surface area contributed by atoms with Crippen LogP contribution in [0.4, 0.5) is 0 Å². The summed E-state index contributed by atoms with van der Waals surface area (Å²) in [6.45, 7) is 4.87. The number of hydrogen-bond acceptors (Lipinski definition) is 5. The lowest BCUT2D eigenvalue weighted by Gasteiger charge is -2.36. The van der Waals surface area contributed by atoms with Crippen LogP contribution in [0.2, 0.25) is 0 Å². The molecule has 0 bridgehead atoms. The molecule has 0 spiro atoms. The van der Waals surface area contributed by atoms with Gasteiger partial charge in [-0.2, -0.15) is 4.98 Å². The number of likely N-dealkylation sites (tertiary alicyclic amines) is 1. The van der Waals surface area contributed by atoms with Crippen molar-refractivity contribution in [3.05, 3.63) is 11.7 Å². The molecule has 1 aliphatic heterocycles. The van der Waals surface area contributed by atoms with Crippen LogP contribution >= 0.6 is 0 Å². The molecular formula is C16H26N4O3. The van der Waals surface area contributed by atoms with E-state index in [4.69, 9.17) is 4.52 Å². The number of aromatic nitrogens is 2. The van der Waals surface area contributed by atoms with Crippen molar-refractivity contribution in [3.63, 3.8) is 0 Å². The zero-order valence-corrected chi connectivity index (χ0v) is 14.2. The van der Waals surface area contributed by atoms with Crippen molar-refractivity contribution in [1.82, 2.24) is 19.9 Å². The summed E-state index contributed by atoms with van der Waals surface area (Å²) in [5.74, 6) is 1.09. The van der Waals surface area contributed by atoms with Gasteiger partial charge in [0.25, 0.3) is 0 Å². The summed E-state index contributed by atoms with van der Waals surface area (Å²) < 4.78 is 5.14. The number of piperidine rings is 1. The van der Waals surface area contributed by atoms with Crippen molar-refractivity contribution in [3.8, 4) is 0 Å². The SMILES string of the molecule is CCCC(=O)N1CCCC[C@H]1C(=O)N(C)Cc1nc(CC)no1. The van der Waals surface area contributed by atoms with Crippen molar-refractivity contribution in [2.75, 3.05) is 13.6 Å². The molecule has 0 radical (unpaired) electrons. The second-order valence-electron chi connectivity index (χ2n) is 6.00. The molecule has 1 aromatic rings. The van der Waals surface area contributed by atoms with E-state index in [0.717, 1.165) is 25.7 Å². The minimum absolute atomic E-state index is 0.0506. The summed E-state index contributed by atoms with van der Waals surface area (Å²) in [7, 11) is 1.72. The van der Waals surface area contributed by atoms with Gasteiger partial charge in [-0.05, 0) is 25.7 Å². The molecule has 1 saturated heterocycles. The fraction of sp³-hybridized carbons (Fsp3) is 0.750. The highest BCUT2D eigenvalue weighted by Gasteiger charge is 2.33. The average molecular weight is 322 g/mol. The van der Waals surface area contributed by atoms with Gasteiger partial charge >= 0.3 is 0 Å². The predicted octanol–water partition coefficient (Wildman–Crippen LogP) is 1.77. The molecule has 2 rings (SSSR count). The number of amides is 2. The van der Waals surface area contributed by atoms with E-state index in [1.165, 1.54) is 0 Å². The molecule has 0 unspecified atom stereocenters. The van der Waals surface area contributed by atoms with Gasteiger partial charge in [-0.1, -0.05) is 19.0 Å². The Morgan fingerprint density at radius 2 is 2.13 bits per heavy atom. The van der Waals surface area contributed by atoms with Crippen LogP contribution < -0.4 is 0 Å². The topological polar surface area (TPSA) is 79.5 Å². The first kappa shape index (κ1) is 17.4. The van der Waals surface area contributed by atoms with Crippen LogP contribution in [0.3, 0.4) is 0 Å². The lowest BCUT2D eigenvalue weighted by Crippen LogP contribution is -2.52. The zero-order valence-electron chi connectivity index (χ0n) is 14.2. The largest absolute Gasteiger partial charge is 0.337 e. The molecular weight excluding hydrogens is 296 g/mol. The van der Waals surface area contributed by atoms with Crippen LogP contribution in [0.1, 0.15) is 57.7 Å². The Kier molecular flexibility index (Phi) is 6.12. The summed E-state index contributed by atoms with van der Waals surface area (Å²) >= 11 is 0. The molecule has 0 aliphatic carbocycles. The number of carbonyl (C=O) groups is 2. The van der Waals surface area contributed by atoms with Gasteiger partial charge in [-0.25, -0.2) is 0 Å². The maximum atomic E-state index is 12.7. The normalized spacial score (nSPS) is 18.0. The molecule has 2 amide bonds.